The van der Waals surface area contributed by atoms with Crippen molar-refractivity contribution in [1.82, 2.24) is 9.97 Å². The van der Waals surface area contributed by atoms with E-state index in [-0.39, 0.29) is 17.8 Å². The van der Waals surface area contributed by atoms with Crippen LogP contribution in [0.25, 0.3) is 11.0 Å². The number of fused-ring (bicyclic) bond motifs is 1. The number of ketones is 1. The van der Waals surface area contributed by atoms with Crippen LogP contribution in [0, 0.1) is 0 Å². The molecule has 0 spiro atoms. The smallest absolute Gasteiger partial charge is 0.257 e. The van der Waals surface area contributed by atoms with Crippen molar-refractivity contribution in [2.45, 2.75) is 18.9 Å². The number of aromatic nitrogens is 2. The fourth-order valence-corrected chi connectivity index (χ4v) is 4.89. The van der Waals surface area contributed by atoms with Gasteiger partial charge >= 0.3 is 0 Å². The average Bonchev–Trinajstić information content (AvgIpc) is 3.47. The van der Waals surface area contributed by atoms with Crippen LogP contribution >= 0.6 is 0 Å². The molecule has 1 fully saturated rings. The molecule has 3 heterocycles. The van der Waals surface area contributed by atoms with E-state index in [1.54, 1.807) is 48.7 Å². The molecule has 200 valence electrons. The Hall–Kier alpha value is -4.95. The van der Waals surface area contributed by atoms with Gasteiger partial charge in [0.1, 0.15) is 5.65 Å². The molecule has 4 N–H and O–H groups in total. The number of pyridine rings is 1. The zero-order valence-corrected chi connectivity index (χ0v) is 21.8. The summed E-state index contributed by atoms with van der Waals surface area (Å²) in [5.74, 6) is -0.360. The molecule has 2 aromatic heterocycles. The Labute approximate surface area is 231 Å². The van der Waals surface area contributed by atoms with Gasteiger partial charge in [0, 0.05) is 64.7 Å². The zero-order chi connectivity index (χ0) is 27.5. The molecule has 8 heteroatoms. The van der Waals surface area contributed by atoms with E-state index >= 15 is 0 Å². The Morgan fingerprint density at radius 3 is 2.05 bits per heavy atom. The summed E-state index contributed by atoms with van der Waals surface area (Å²) in [6, 6.07) is 26.1. The van der Waals surface area contributed by atoms with Crippen molar-refractivity contribution >= 4 is 45.5 Å². The number of rotatable bonds is 7. The van der Waals surface area contributed by atoms with Gasteiger partial charge in [0.2, 0.25) is 0 Å². The summed E-state index contributed by atoms with van der Waals surface area (Å²) in [4.78, 5) is 35.2. The molecule has 1 saturated heterocycles. The van der Waals surface area contributed by atoms with Crippen LogP contribution in [-0.2, 0) is 0 Å². The maximum atomic E-state index is 13.0. The number of nitrogens with zero attached hydrogens (tertiary/aromatic N) is 2. The number of aliphatic hydroxyl groups excluding tert-OH is 1. The third-order valence-corrected chi connectivity index (χ3v) is 7.20. The number of hydrogen-bond acceptors (Lipinski definition) is 6. The molecule has 5 aromatic rings. The third-order valence-electron chi connectivity index (χ3n) is 7.20. The molecule has 3 aromatic carbocycles. The minimum atomic E-state index is -0.265. The van der Waals surface area contributed by atoms with E-state index in [0.29, 0.717) is 22.4 Å². The summed E-state index contributed by atoms with van der Waals surface area (Å²) in [5.41, 5.74) is 5.90. The average molecular weight is 532 g/mol. The number of piperidine rings is 1. The molecule has 1 aliphatic rings. The van der Waals surface area contributed by atoms with Crippen molar-refractivity contribution in [2.75, 3.05) is 28.6 Å². The number of nitrogens with one attached hydrogen (secondary N) is 3. The van der Waals surface area contributed by atoms with Crippen molar-refractivity contribution < 1.29 is 14.7 Å². The molecule has 6 rings (SSSR count). The van der Waals surface area contributed by atoms with Crippen LogP contribution in [-0.4, -0.2) is 46.0 Å². The second-order valence-corrected chi connectivity index (χ2v) is 9.97. The summed E-state index contributed by atoms with van der Waals surface area (Å²) in [6.45, 7) is 1.73. The lowest BCUT2D eigenvalue weighted by atomic mass is 10.0. The second kappa shape index (κ2) is 11.0. The first-order valence-corrected chi connectivity index (χ1v) is 13.3. The van der Waals surface area contributed by atoms with Crippen LogP contribution in [0.1, 0.15) is 39.1 Å². The van der Waals surface area contributed by atoms with Crippen LogP contribution in [0.2, 0.25) is 0 Å². The van der Waals surface area contributed by atoms with Crippen molar-refractivity contribution in [2.24, 2.45) is 0 Å². The molecule has 0 radical (unpaired) electrons. The van der Waals surface area contributed by atoms with Gasteiger partial charge in [0.05, 0.1) is 11.7 Å². The van der Waals surface area contributed by atoms with Crippen LogP contribution < -0.4 is 15.5 Å². The fourth-order valence-electron chi connectivity index (χ4n) is 4.89. The first kappa shape index (κ1) is 25.3. The lowest BCUT2D eigenvalue weighted by Crippen LogP contribution is -2.35. The fraction of sp³-hybridized carbons (Fsp3) is 0.156. The van der Waals surface area contributed by atoms with E-state index in [1.165, 1.54) is 6.20 Å². The van der Waals surface area contributed by atoms with Crippen LogP contribution in [0.4, 0.5) is 22.7 Å². The molecule has 0 bridgehead atoms. The molecular weight excluding hydrogens is 502 g/mol. The highest BCUT2D eigenvalue weighted by molar-refractivity contribution is 6.10. The van der Waals surface area contributed by atoms with Gasteiger partial charge in [-0.15, -0.1) is 0 Å². The summed E-state index contributed by atoms with van der Waals surface area (Å²) in [5, 5.41) is 16.8. The third kappa shape index (κ3) is 5.57. The Morgan fingerprint density at radius 1 is 0.800 bits per heavy atom. The highest BCUT2D eigenvalue weighted by Gasteiger charge is 2.17. The first-order chi connectivity index (χ1) is 19.5. The monoisotopic (exact) mass is 531 g/mol. The van der Waals surface area contributed by atoms with Gasteiger partial charge in [0.25, 0.3) is 5.91 Å². The van der Waals surface area contributed by atoms with Gasteiger partial charge in [-0.1, -0.05) is 0 Å². The highest BCUT2D eigenvalue weighted by Crippen LogP contribution is 2.25. The standard InChI is InChI=1S/C32H29N5O3/c38-29-14-17-37(18-15-29)28-11-9-26(10-12-28)35-25-5-1-21(2-6-25)30(39)22-3-7-27(8-4-22)36-32(40)24-19-23-13-16-33-31(23)34-20-24/h1-13,16,19-20,29,35,38H,14-15,17-18H2,(H,33,34)(H,36,40). The highest BCUT2D eigenvalue weighted by atomic mass is 16.3. The Kier molecular flexibility index (Phi) is 6.99. The molecule has 0 atom stereocenters. The van der Waals surface area contributed by atoms with Crippen molar-refractivity contribution in [3.8, 4) is 0 Å². The molecule has 1 aliphatic heterocycles. The number of aromatic amines is 1. The minimum Gasteiger partial charge on any atom is -0.393 e. The van der Waals surface area contributed by atoms with Crippen molar-refractivity contribution in [3.05, 3.63) is 114 Å². The van der Waals surface area contributed by atoms with Gasteiger partial charge in [-0.25, -0.2) is 4.98 Å². The number of carbonyl (C=O) groups excluding carboxylic acids is 2. The number of aliphatic hydroxyl groups is 1. The number of H-pyrrole nitrogens is 1. The Bertz CT molecular complexity index is 1640. The van der Waals surface area contributed by atoms with E-state index in [2.05, 4.69) is 37.6 Å². The molecule has 1 amide bonds. The maximum Gasteiger partial charge on any atom is 0.257 e. The van der Waals surface area contributed by atoms with E-state index in [0.717, 1.165) is 54.0 Å². The molecule has 0 unspecified atom stereocenters. The van der Waals surface area contributed by atoms with Gasteiger partial charge in [-0.2, -0.15) is 0 Å². The number of hydrogen-bond donors (Lipinski definition) is 4. The molecule has 40 heavy (non-hydrogen) atoms. The first-order valence-electron chi connectivity index (χ1n) is 13.3. The van der Waals surface area contributed by atoms with E-state index in [9.17, 15) is 14.7 Å². The molecule has 8 nitrogen and oxygen atoms in total. The van der Waals surface area contributed by atoms with Crippen LogP contribution in [0.15, 0.2) is 97.3 Å². The SMILES string of the molecule is O=C(Nc1ccc(C(=O)c2ccc(Nc3ccc(N4CCC(O)CC4)cc3)cc2)cc1)c1cnc2[nH]ccc2c1. The number of amides is 1. The lowest BCUT2D eigenvalue weighted by Gasteiger charge is -2.31. The lowest BCUT2D eigenvalue weighted by molar-refractivity contribution is 0.102. The zero-order valence-electron chi connectivity index (χ0n) is 21.8. The largest absolute Gasteiger partial charge is 0.393 e. The van der Waals surface area contributed by atoms with E-state index in [4.69, 9.17) is 0 Å². The maximum absolute atomic E-state index is 13.0. The van der Waals surface area contributed by atoms with Gasteiger partial charge in [-0.3, -0.25) is 9.59 Å². The second-order valence-electron chi connectivity index (χ2n) is 9.97. The van der Waals surface area contributed by atoms with Gasteiger partial charge in [0.15, 0.2) is 5.78 Å². The normalized spacial score (nSPS) is 13.8. The molecule has 0 aliphatic carbocycles. The van der Waals surface area contributed by atoms with Gasteiger partial charge < -0.3 is 25.6 Å². The Balaban J connectivity index is 1.05. The van der Waals surface area contributed by atoms with Crippen molar-refractivity contribution in [1.29, 1.82) is 0 Å². The van der Waals surface area contributed by atoms with E-state index in [1.807, 2.05) is 30.3 Å². The predicted octanol–water partition coefficient (Wildman–Crippen LogP) is 5.75. The van der Waals surface area contributed by atoms with Crippen LogP contribution in [0.3, 0.4) is 0 Å². The quantitative estimate of drug-likeness (QED) is 0.199. The molecular formula is C32H29N5O3. The summed E-state index contributed by atoms with van der Waals surface area (Å²) in [7, 11) is 0. The van der Waals surface area contributed by atoms with Crippen molar-refractivity contribution in [3.63, 3.8) is 0 Å². The topological polar surface area (TPSA) is 110 Å². The van der Waals surface area contributed by atoms with Crippen LogP contribution in [0.5, 0.6) is 0 Å². The van der Waals surface area contributed by atoms with Gasteiger partial charge in [-0.05, 0) is 97.8 Å². The predicted molar refractivity (Wildman–Crippen MR) is 158 cm³/mol. The summed E-state index contributed by atoms with van der Waals surface area (Å²) in [6.07, 6.45) is 4.73. The molecule has 0 saturated carbocycles. The number of carbonyl (C=O) groups is 2. The summed E-state index contributed by atoms with van der Waals surface area (Å²) < 4.78 is 0. The number of anilines is 4. The number of benzene rings is 3. The Morgan fingerprint density at radius 2 is 1.40 bits per heavy atom. The summed E-state index contributed by atoms with van der Waals surface area (Å²) >= 11 is 0. The minimum absolute atomic E-state index is 0.0949. The van der Waals surface area contributed by atoms with E-state index < -0.39 is 0 Å².